The van der Waals surface area contributed by atoms with Crippen molar-refractivity contribution in [3.63, 3.8) is 0 Å². The third-order valence-electron chi connectivity index (χ3n) is 2.79. The molecule has 0 aliphatic carbocycles. The van der Waals surface area contributed by atoms with Gasteiger partial charge in [-0.25, -0.2) is 9.97 Å². The molecule has 1 amide bonds. The number of aromatic nitrogens is 3. The zero-order valence-corrected chi connectivity index (χ0v) is 11.7. The Kier molecular flexibility index (Phi) is 4.95. The van der Waals surface area contributed by atoms with E-state index in [1.165, 1.54) is 12.3 Å². The number of carbonyl (C=O) groups excluding carboxylic acids is 1. The van der Waals surface area contributed by atoms with Gasteiger partial charge in [-0.15, -0.1) is 0 Å². The van der Waals surface area contributed by atoms with E-state index in [2.05, 4.69) is 15.3 Å². The second-order valence-corrected chi connectivity index (χ2v) is 4.73. The maximum Gasteiger partial charge on any atom is 0.254 e. The minimum atomic E-state index is -0.252. The molecule has 0 aromatic carbocycles. The number of halogens is 1. The van der Waals surface area contributed by atoms with Crippen molar-refractivity contribution in [3.8, 4) is 0 Å². The van der Waals surface area contributed by atoms with Crippen LogP contribution >= 0.6 is 11.6 Å². The molecular weight excluding hydrogens is 278 g/mol. The van der Waals surface area contributed by atoms with E-state index in [1.807, 2.05) is 10.8 Å². The lowest BCUT2D eigenvalue weighted by atomic mass is 10.2. The number of nitrogens with zero attached hydrogens (tertiary/aromatic N) is 3. The van der Waals surface area contributed by atoms with Gasteiger partial charge >= 0.3 is 0 Å². The average molecular weight is 294 g/mol. The summed E-state index contributed by atoms with van der Waals surface area (Å²) < 4.78 is 2.00. The topological polar surface area (TPSA) is 85.8 Å². The van der Waals surface area contributed by atoms with Crippen molar-refractivity contribution in [1.82, 2.24) is 19.9 Å². The maximum absolute atomic E-state index is 11.9. The highest BCUT2D eigenvalue weighted by Crippen LogP contribution is 2.15. The number of carbonyl (C=O) groups is 1. The summed E-state index contributed by atoms with van der Waals surface area (Å²) in [7, 11) is 0. The van der Waals surface area contributed by atoms with Crippen LogP contribution in [0.1, 0.15) is 23.2 Å². The Bertz CT molecular complexity index is 570. The molecule has 2 rings (SSSR count). The smallest absolute Gasteiger partial charge is 0.254 e. The first-order chi connectivity index (χ1) is 9.66. The normalized spacial score (nSPS) is 10.4. The minimum absolute atomic E-state index is 0.162. The van der Waals surface area contributed by atoms with Crippen LogP contribution in [0, 0.1) is 0 Å². The summed E-state index contributed by atoms with van der Waals surface area (Å²) in [6.07, 6.45) is 8.69. The number of amides is 1. The monoisotopic (exact) mass is 293 g/mol. The van der Waals surface area contributed by atoms with Gasteiger partial charge in [-0.05, 0) is 18.9 Å². The number of rotatable bonds is 6. The van der Waals surface area contributed by atoms with Gasteiger partial charge in [0.2, 0.25) is 0 Å². The van der Waals surface area contributed by atoms with E-state index in [-0.39, 0.29) is 11.1 Å². The third kappa shape index (κ3) is 3.96. The molecule has 6 nitrogen and oxygen atoms in total. The molecule has 20 heavy (non-hydrogen) atoms. The molecule has 0 atom stereocenters. The van der Waals surface area contributed by atoms with Crippen LogP contribution in [-0.4, -0.2) is 27.0 Å². The second-order valence-electron chi connectivity index (χ2n) is 4.37. The number of aryl methyl sites for hydroxylation is 1. The van der Waals surface area contributed by atoms with Crippen molar-refractivity contribution < 1.29 is 4.79 Å². The summed E-state index contributed by atoms with van der Waals surface area (Å²) in [6, 6.07) is 1.52. The highest BCUT2D eigenvalue weighted by Gasteiger charge is 2.11. The summed E-state index contributed by atoms with van der Waals surface area (Å²) in [5.41, 5.74) is 6.31. The predicted molar refractivity (Wildman–Crippen MR) is 77.5 cm³/mol. The SMILES string of the molecule is Nc1cnc(Cl)c(C(=O)NCCCCn2ccnc2)c1. The Hall–Kier alpha value is -2.08. The first-order valence-electron chi connectivity index (χ1n) is 6.32. The molecule has 2 aromatic heterocycles. The van der Waals surface area contributed by atoms with Gasteiger partial charge in [0.15, 0.2) is 0 Å². The van der Waals surface area contributed by atoms with Gasteiger partial charge < -0.3 is 15.6 Å². The Balaban J connectivity index is 1.73. The number of nitrogens with one attached hydrogen (secondary N) is 1. The van der Waals surface area contributed by atoms with Gasteiger partial charge in [-0.1, -0.05) is 11.6 Å². The summed E-state index contributed by atoms with van der Waals surface area (Å²) in [5.74, 6) is -0.252. The zero-order valence-electron chi connectivity index (χ0n) is 10.9. The van der Waals surface area contributed by atoms with Gasteiger partial charge in [0.1, 0.15) is 5.15 Å². The van der Waals surface area contributed by atoms with Crippen molar-refractivity contribution in [1.29, 1.82) is 0 Å². The number of unbranched alkanes of at least 4 members (excludes halogenated alkanes) is 1. The summed E-state index contributed by atoms with van der Waals surface area (Å²) >= 11 is 5.86. The number of pyridine rings is 1. The van der Waals surface area contributed by atoms with E-state index in [9.17, 15) is 4.79 Å². The van der Waals surface area contributed by atoms with Crippen LogP contribution in [0.3, 0.4) is 0 Å². The molecule has 0 spiro atoms. The van der Waals surface area contributed by atoms with Crippen LogP contribution in [-0.2, 0) is 6.54 Å². The molecule has 0 unspecified atom stereocenters. The summed E-state index contributed by atoms with van der Waals surface area (Å²) in [6.45, 7) is 1.47. The average Bonchev–Trinajstić information content (AvgIpc) is 2.94. The van der Waals surface area contributed by atoms with Crippen molar-refractivity contribution in [2.45, 2.75) is 19.4 Å². The van der Waals surface area contributed by atoms with E-state index in [0.29, 0.717) is 17.8 Å². The lowest BCUT2D eigenvalue weighted by molar-refractivity contribution is 0.0952. The van der Waals surface area contributed by atoms with Gasteiger partial charge in [0.25, 0.3) is 5.91 Å². The fourth-order valence-electron chi connectivity index (χ4n) is 1.76. The molecule has 106 valence electrons. The molecular formula is C13H16ClN5O. The molecule has 0 saturated carbocycles. The van der Waals surface area contributed by atoms with E-state index in [4.69, 9.17) is 17.3 Å². The lowest BCUT2D eigenvalue weighted by Gasteiger charge is -2.07. The molecule has 0 fully saturated rings. The van der Waals surface area contributed by atoms with Crippen molar-refractivity contribution in [2.75, 3.05) is 12.3 Å². The van der Waals surface area contributed by atoms with Gasteiger partial charge in [-0.3, -0.25) is 4.79 Å². The Morgan fingerprint density at radius 3 is 3.05 bits per heavy atom. The fourth-order valence-corrected chi connectivity index (χ4v) is 1.95. The maximum atomic E-state index is 11.9. The Morgan fingerprint density at radius 2 is 2.30 bits per heavy atom. The first-order valence-corrected chi connectivity index (χ1v) is 6.69. The van der Waals surface area contributed by atoms with Crippen LogP contribution in [0.25, 0.3) is 0 Å². The number of hydrogen-bond acceptors (Lipinski definition) is 4. The van der Waals surface area contributed by atoms with Crippen molar-refractivity contribution >= 4 is 23.2 Å². The van der Waals surface area contributed by atoms with Gasteiger partial charge in [0, 0.05) is 25.5 Å². The van der Waals surface area contributed by atoms with E-state index in [1.54, 1.807) is 12.5 Å². The highest BCUT2D eigenvalue weighted by molar-refractivity contribution is 6.32. The van der Waals surface area contributed by atoms with Crippen LogP contribution in [0.4, 0.5) is 5.69 Å². The van der Waals surface area contributed by atoms with Gasteiger partial charge in [0.05, 0.1) is 23.8 Å². The molecule has 3 N–H and O–H groups in total. The molecule has 0 bridgehead atoms. The summed E-state index contributed by atoms with van der Waals surface area (Å²) in [5, 5.41) is 2.97. The molecule has 0 aliphatic rings. The first kappa shape index (κ1) is 14.3. The number of imidazole rings is 1. The molecule has 2 heterocycles. The molecule has 0 saturated heterocycles. The number of nitrogens with two attached hydrogens (primary N) is 1. The Morgan fingerprint density at radius 1 is 1.45 bits per heavy atom. The molecule has 7 heteroatoms. The van der Waals surface area contributed by atoms with E-state index >= 15 is 0 Å². The number of hydrogen-bond donors (Lipinski definition) is 2. The quantitative estimate of drug-likeness (QED) is 0.627. The van der Waals surface area contributed by atoms with E-state index in [0.717, 1.165) is 19.4 Å². The van der Waals surface area contributed by atoms with Crippen LogP contribution < -0.4 is 11.1 Å². The number of nitrogen functional groups attached to an aromatic ring is 1. The summed E-state index contributed by atoms with van der Waals surface area (Å²) in [4.78, 5) is 19.7. The molecule has 0 radical (unpaired) electrons. The number of anilines is 1. The predicted octanol–water partition coefficient (Wildman–Crippen LogP) is 1.72. The second kappa shape index (κ2) is 6.91. The largest absolute Gasteiger partial charge is 0.397 e. The molecule has 0 aliphatic heterocycles. The Labute approximate surface area is 122 Å². The standard InChI is InChI=1S/C13H16ClN5O/c14-12-11(7-10(15)8-18-12)13(20)17-3-1-2-5-19-6-4-16-9-19/h4,6-9H,1-3,5,15H2,(H,17,20). The van der Waals surface area contributed by atoms with Gasteiger partial charge in [-0.2, -0.15) is 0 Å². The third-order valence-corrected chi connectivity index (χ3v) is 3.09. The lowest BCUT2D eigenvalue weighted by Crippen LogP contribution is -2.25. The zero-order chi connectivity index (χ0) is 14.4. The van der Waals surface area contributed by atoms with E-state index < -0.39 is 0 Å². The van der Waals surface area contributed by atoms with Crippen molar-refractivity contribution in [2.24, 2.45) is 0 Å². The minimum Gasteiger partial charge on any atom is -0.397 e. The molecule has 2 aromatic rings. The van der Waals surface area contributed by atoms with Crippen LogP contribution in [0.5, 0.6) is 0 Å². The van der Waals surface area contributed by atoms with Crippen molar-refractivity contribution in [3.05, 3.63) is 41.7 Å². The fraction of sp³-hybridized carbons (Fsp3) is 0.308. The highest BCUT2D eigenvalue weighted by atomic mass is 35.5. The van der Waals surface area contributed by atoms with Crippen LogP contribution in [0.15, 0.2) is 31.0 Å². The van der Waals surface area contributed by atoms with Crippen LogP contribution in [0.2, 0.25) is 5.15 Å².